The molecule has 0 saturated carbocycles. The van der Waals surface area contributed by atoms with Gasteiger partial charge in [-0.15, -0.1) is 0 Å². The molecule has 23 heavy (non-hydrogen) atoms. The van der Waals surface area contributed by atoms with Crippen LogP contribution in [0.1, 0.15) is 19.3 Å². The van der Waals surface area contributed by atoms with Crippen molar-refractivity contribution in [2.45, 2.75) is 36.3 Å². The highest BCUT2D eigenvalue weighted by Gasteiger charge is 2.36. The van der Waals surface area contributed by atoms with Crippen molar-refractivity contribution in [2.24, 2.45) is 0 Å². The molecule has 2 aliphatic heterocycles. The van der Waals surface area contributed by atoms with Gasteiger partial charge in [-0.1, -0.05) is 6.07 Å². The first kappa shape index (κ1) is 16.8. The van der Waals surface area contributed by atoms with E-state index in [1.54, 1.807) is 0 Å². The number of rotatable bonds is 3. The van der Waals surface area contributed by atoms with E-state index in [2.05, 4.69) is 4.90 Å². The maximum absolute atomic E-state index is 13.8. The summed E-state index contributed by atoms with van der Waals surface area (Å²) < 4.78 is 53.7. The molecule has 0 spiro atoms. The molecule has 0 unspecified atom stereocenters. The summed E-state index contributed by atoms with van der Waals surface area (Å²) in [5.74, 6) is -2.12. The van der Waals surface area contributed by atoms with Crippen LogP contribution in [0, 0.1) is 11.6 Å². The predicted octanol–water partition coefficient (Wildman–Crippen LogP) is 1.18. The van der Waals surface area contributed by atoms with Crippen molar-refractivity contribution in [3.05, 3.63) is 29.8 Å². The molecule has 8 heteroatoms. The van der Waals surface area contributed by atoms with Gasteiger partial charge in [-0.3, -0.25) is 4.90 Å². The molecule has 2 saturated heterocycles. The highest BCUT2D eigenvalue weighted by molar-refractivity contribution is 7.89. The number of likely N-dealkylation sites (tertiary alicyclic amines) is 1. The number of hydrogen-bond donors (Lipinski definition) is 1. The number of aliphatic hydroxyl groups excluding tert-OH is 1. The van der Waals surface area contributed by atoms with Crippen LogP contribution in [0.3, 0.4) is 0 Å². The van der Waals surface area contributed by atoms with Crippen molar-refractivity contribution in [2.75, 3.05) is 26.2 Å². The van der Waals surface area contributed by atoms with Gasteiger partial charge in [0.25, 0.3) is 0 Å². The Morgan fingerprint density at radius 1 is 1.04 bits per heavy atom. The van der Waals surface area contributed by atoms with Crippen molar-refractivity contribution >= 4 is 10.0 Å². The zero-order valence-electron chi connectivity index (χ0n) is 12.7. The van der Waals surface area contributed by atoms with Crippen LogP contribution >= 0.6 is 0 Å². The van der Waals surface area contributed by atoms with Crippen molar-refractivity contribution < 1.29 is 22.3 Å². The maximum Gasteiger partial charge on any atom is 0.248 e. The van der Waals surface area contributed by atoms with Gasteiger partial charge < -0.3 is 5.11 Å². The average molecular weight is 346 g/mol. The van der Waals surface area contributed by atoms with Crippen molar-refractivity contribution in [1.82, 2.24) is 9.21 Å². The van der Waals surface area contributed by atoms with Crippen LogP contribution in [0.15, 0.2) is 23.1 Å². The summed E-state index contributed by atoms with van der Waals surface area (Å²) in [5, 5.41) is 9.59. The van der Waals surface area contributed by atoms with Crippen molar-refractivity contribution in [3.8, 4) is 0 Å². The topological polar surface area (TPSA) is 60.9 Å². The number of halogens is 2. The van der Waals surface area contributed by atoms with E-state index in [0.29, 0.717) is 19.4 Å². The predicted molar refractivity (Wildman–Crippen MR) is 80.3 cm³/mol. The fourth-order valence-corrected chi connectivity index (χ4v) is 4.98. The molecule has 1 N–H and O–H groups in total. The number of sulfonamides is 1. The fraction of sp³-hybridized carbons (Fsp3) is 0.600. The summed E-state index contributed by atoms with van der Waals surface area (Å²) in [6.07, 6.45) is 1.62. The van der Waals surface area contributed by atoms with E-state index >= 15 is 0 Å². The van der Waals surface area contributed by atoms with Crippen LogP contribution in [0.2, 0.25) is 0 Å². The number of piperidine rings is 1. The van der Waals surface area contributed by atoms with Crippen LogP contribution < -0.4 is 0 Å². The molecule has 0 bridgehead atoms. The van der Waals surface area contributed by atoms with Gasteiger partial charge in [0, 0.05) is 32.2 Å². The molecule has 3 rings (SSSR count). The lowest BCUT2D eigenvalue weighted by Crippen LogP contribution is -2.46. The Labute approximate surface area is 134 Å². The lowest BCUT2D eigenvalue weighted by atomic mass is 10.1. The molecule has 2 aliphatic rings. The van der Waals surface area contributed by atoms with Gasteiger partial charge in [0.2, 0.25) is 10.0 Å². The number of hydrogen-bond acceptors (Lipinski definition) is 4. The minimum Gasteiger partial charge on any atom is -0.392 e. The molecule has 5 nitrogen and oxygen atoms in total. The lowest BCUT2D eigenvalue weighted by molar-refractivity contribution is 0.132. The molecule has 1 aromatic carbocycles. The van der Waals surface area contributed by atoms with E-state index in [0.717, 1.165) is 35.5 Å². The third kappa shape index (κ3) is 3.26. The summed E-state index contributed by atoms with van der Waals surface area (Å²) in [7, 11) is -4.17. The first-order valence-corrected chi connectivity index (χ1v) is 9.20. The van der Waals surface area contributed by atoms with Gasteiger partial charge in [-0.25, -0.2) is 17.2 Å². The van der Waals surface area contributed by atoms with Crippen LogP contribution in [0.4, 0.5) is 8.78 Å². The normalized spacial score (nSPS) is 25.1. The largest absolute Gasteiger partial charge is 0.392 e. The first-order valence-electron chi connectivity index (χ1n) is 7.76. The Morgan fingerprint density at radius 3 is 2.17 bits per heavy atom. The molecule has 0 radical (unpaired) electrons. The number of nitrogens with zero attached hydrogens (tertiary/aromatic N) is 2. The molecule has 2 fully saturated rings. The zero-order valence-corrected chi connectivity index (χ0v) is 13.5. The third-order valence-electron chi connectivity index (χ3n) is 4.65. The van der Waals surface area contributed by atoms with Gasteiger partial charge in [0.1, 0.15) is 11.6 Å². The molecule has 0 aliphatic carbocycles. The van der Waals surface area contributed by atoms with Crippen molar-refractivity contribution in [1.29, 1.82) is 0 Å². The minimum atomic E-state index is -4.17. The maximum atomic E-state index is 13.8. The van der Waals surface area contributed by atoms with Gasteiger partial charge in [-0.2, -0.15) is 4.31 Å². The number of aliphatic hydroxyl groups is 1. The summed E-state index contributed by atoms with van der Waals surface area (Å²) in [5.41, 5.74) is 0. The van der Waals surface area contributed by atoms with E-state index in [1.807, 2.05) is 0 Å². The van der Waals surface area contributed by atoms with E-state index in [9.17, 15) is 22.3 Å². The molecular formula is C15H20F2N2O3S. The van der Waals surface area contributed by atoms with Gasteiger partial charge in [0.15, 0.2) is 4.90 Å². The second-order valence-corrected chi connectivity index (χ2v) is 8.00. The molecule has 2 heterocycles. The van der Waals surface area contributed by atoms with E-state index in [1.165, 1.54) is 0 Å². The molecule has 0 amide bonds. The standard InChI is InChI=1S/C15H20F2N2O3S/c16-13-2-1-3-14(17)15(13)23(21,22)19-8-4-11(5-9-19)18-7-6-12(20)10-18/h1-3,11-12,20H,4-10H2/t12-/m0/s1. The van der Waals surface area contributed by atoms with Crippen LogP contribution in [-0.4, -0.2) is 61.1 Å². The Morgan fingerprint density at radius 2 is 1.65 bits per heavy atom. The van der Waals surface area contributed by atoms with E-state index < -0.39 is 26.6 Å². The Bertz CT molecular complexity index is 655. The average Bonchev–Trinajstić information content (AvgIpc) is 2.93. The van der Waals surface area contributed by atoms with Crippen molar-refractivity contribution in [3.63, 3.8) is 0 Å². The fourth-order valence-electron chi connectivity index (χ4n) is 3.41. The number of benzene rings is 1. The zero-order chi connectivity index (χ0) is 16.6. The highest BCUT2D eigenvalue weighted by Crippen LogP contribution is 2.27. The first-order chi connectivity index (χ1) is 10.9. The summed E-state index contributed by atoms with van der Waals surface area (Å²) in [4.78, 5) is 1.30. The van der Waals surface area contributed by atoms with Gasteiger partial charge >= 0.3 is 0 Å². The quantitative estimate of drug-likeness (QED) is 0.893. The number of β-amino-alcohol motifs (C(OH)–C–C–N with tert-alkyl or cyclic N) is 1. The molecule has 1 aromatic rings. The highest BCUT2D eigenvalue weighted by atomic mass is 32.2. The van der Waals surface area contributed by atoms with E-state index in [-0.39, 0.29) is 25.2 Å². The molecule has 1 atom stereocenters. The van der Waals surface area contributed by atoms with Gasteiger partial charge in [-0.05, 0) is 31.4 Å². The lowest BCUT2D eigenvalue weighted by Gasteiger charge is -2.36. The minimum absolute atomic E-state index is 0.212. The summed E-state index contributed by atoms with van der Waals surface area (Å²) in [6, 6.07) is 3.26. The van der Waals surface area contributed by atoms with Crippen LogP contribution in [-0.2, 0) is 10.0 Å². The SMILES string of the molecule is O=S(=O)(c1c(F)cccc1F)N1CCC(N2CC[C@H](O)C2)CC1. The second-order valence-electron chi connectivity index (χ2n) is 6.12. The second kappa shape index (κ2) is 6.43. The third-order valence-corrected chi connectivity index (χ3v) is 6.60. The summed E-state index contributed by atoms with van der Waals surface area (Å²) in [6.45, 7) is 1.88. The Kier molecular flexibility index (Phi) is 4.68. The Hall–Kier alpha value is -1.09. The smallest absolute Gasteiger partial charge is 0.248 e. The van der Waals surface area contributed by atoms with Gasteiger partial charge in [0.05, 0.1) is 6.10 Å². The molecular weight excluding hydrogens is 326 g/mol. The van der Waals surface area contributed by atoms with E-state index in [4.69, 9.17) is 0 Å². The summed E-state index contributed by atoms with van der Waals surface area (Å²) >= 11 is 0. The van der Waals surface area contributed by atoms with Crippen LogP contribution in [0.5, 0.6) is 0 Å². The monoisotopic (exact) mass is 346 g/mol. The molecule has 128 valence electrons. The Balaban J connectivity index is 1.72. The molecule has 0 aromatic heterocycles. The van der Waals surface area contributed by atoms with Crippen LogP contribution in [0.25, 0.3) is 0 Å².